The molecular weight excluding hydrogens is 202 g/mol. The Balaban J connectivity index is 2.08. The molecule has 0 saturated carbocycles. The van der Waals surface area contributed by atoms with Gasteiger partial charge in [-0.05, 0) is 25.1 Å². The number of rotatable bonds is 4. The lowest BCUT2D eigenvalue weighted by molar-refractivity contribution is 0.415. The fourth-order valence-electron chi connectivity index (χ4n) is 1.57. The first kappa shape index (κ1) is 10.6. The summed E-state index contributed by atoms with van der Waals surface area (Å²) >= 11 is 0. The van der Waals surface area contributed by atoms with Gasteiger partial charge in [0, 0.05) is 17.3 Å². The molecule has 84 valence electrons. The number of furan rings is 1. The molecule has 2 aromatic rings. The van der Waals surface area contributed by atoms with Gasteiger partial charge in [0.2, 0.25) is 0 Å². The van der Waals surface area contributed by atoms with Crippen molar-refractivity contribution in [1.82, 2.24) is 0 Å². The Morgan fingerprint density at radius 2 is 2.19 bits per heavy atom. The molecular formula is C13H15NO2. The van der Waals surface area contributed by atoms with Crippen LogP contribution in [0, 0.1) is 0 Å². The maximum atomic E-state index is 5.17. The smallest absolute Gasteiger partial charge is 0.120 e. The fourth-order valence-corrected chi connectivity index (χ4v) is 1.57. The first-order valence-electron chi connectivity index (χ1n) is 5.22. The molecule has 3 nitrogen and oxygen atoms in total. The van der Waals surface area contributed by atoms with Crippen LogP contribution in [0.5, 0.6) is 5.75 Å². The SMILES string of the molecule is COc1cccc(NC(C)c2ccoc2)c1. The second-order valence-corrected chi connectivity index (χ2v) is 3.65. The summed E-state index contributed by atoms with van der Waals surface area (Å²) in [6.45, 7) is 2.09. The van der Waals surface area contributed by atoms with E-state index in [1.54, 1.807) is 19.6 Å². The lowest BCUT2D eigenvalue weighted by atomic mass is 10.1. The predicted molar refractivity (Wildman–Crippen MR) is 63.7 cm³/mol. The zero-order chi connectivity index (χ0) is 11.4. The van der Waals surface area contributed by atoms with Crippen molar-refractivity contribution in [3.8, 4) is 5.75 Å². The molecule has 1 unspecified atom stereocenters. The third-order valence-electron chi connectivity index (χ3n) is 2.50. The highest BCUT2D eigenvalue weighted by atomic mass is 16.5. The van der Waals surface area contributed by atoms with Crippen LogP contribution in [0.1, 0.15) is 18.5 Å². The third kappa shape index (κ3) is 2.37. The molecule has 0 radical (unpaired) electrons. The monoisotopic (exact) mass is 217 g/mol. The molecule has 1 N–H and O–H groups in total. The van der Waals surface area contributed by atoms with E-state index in [9.17, 15) is 0 Å². The second-order valence-electron chi connectivity index (χ2n) is 3.65. The zero-order valence-corrected chi connectivity index (χ0v) is 9.44. The highest BCUT2D eigenvalue weighted by molar-refractivity contribution is 5.49. The van der Waals surface area contributed by atoms with Gasteiger partial charge in [-0.1, -0.05) is 6.07 Å². The fraction of sp³-hybridized carbons (Fsp3) is 0.231. The second kappa shape index (κ2) is 4.75. The molecule has 0 saturated heterocycles. The van der Waals surface area contributed by atoms with Crippen LogP contribution in [0.25, 0.3) is 0 Å². The molecule has 0 amide bonds. The van der Waals surface area contributed by atoms with Crippen LogP contribution in [0.3, 0.4) is 0 Å². The van der Waals surface area contributed by atoms with Gasteiger partial charge in [-0.25, -0.2) is 0 Å². The summed E-state index contributed by atoms with van der Waals surface area (Å²) in [4.78, 5) is 0. The zero-order valence-electron chi connectivity index (χ0n) is 9.44. The van der Waals surface area contributed by atoms with Gasteiger partial charge in [-0.3, -0.25) is 0 Å². The Morgan fingerprint density at radius 3 is 2.88 bits per heavy atom. The van der Waals surface area contributed by atoms with E-state index in [0.717, 1.165) is 17.0 Å². The Kier molecular flexibility index (Phi) is 3.15. The minimum Gasteiger partial charge on any atom is -0.497 e. The summed E-state index contributed by atoms with van der Waals surface area (Å²) in [6, 6.07) is 10.0. The molecule has 1 heterocycles. The summed E-state index contributed by atoms with van der Waals surface area (Å²) in [5.74, 6) is 0.851. The van der Waals surface area contributed by atoms with Gasteiger partial charge in [-0.2, -0.15) is 0 Å². The maximum absolute atomic E-state index is 5.17. The van der Waals surface area contributed by atoms with Crippen molar-refractivity contribution < 1.29 is 9.15 Å². The largest absolute Gasteiger partial charge is 0.497 e. The Morgan fingerprint density at radius 1 is 1.31 bits per heavy atom. The van der Waals surface area contributed by atoms with E-state index in [4.69, 9.17) is 9.15 Å². The van der Waals surface area contributed by atoms with E-state index >= 15 is 0 Å². The van der Waals surface area contributed by atoms with E-state index in [-0.39, 0.29) is 6.04 Å². The van der Waals surface area contributed by atoms with Crippen molar-refractivity contribution in [3.05, 3.63) is 48.4 Å². The van der Waals surface area contributed by atoms with Crippen LogP contribution in [-0.4, -0.2) is 7.11 Å². The van der Waals surface area contributed by atoms with Crippen molar-refractivity contribution in [3.63, 3.8) is 0 Å². The van der Waals surface area contributed by atoms with Crippen LogP contribution in [0.4, 0.5) is 5.69 Å². The van der Waals surface area contributed by atoms with Crippen LogP contribution < -0.4 is 10.1 Å². The summed E-state index contributed by atoms with van der Waals surface area (Å²) in [7, 11) is 1.67. The molecule has 1 atom stereocenters. The minimum absolute atomic E-state index is 0.214. The number of ether oxygens (including phenoxy) is 1. The number of anilines is 1. The minimum atomic E-state index is 0.214. The van der Waals surface area contributed by atoms with Gasteiger partial charge in [-0.15, -0.1) is 0 Å². The quantitative estimate of drug-likeness (QED) is 0.851. The standard InChI is InChI=1S/C13H15NO2/c1-10(11-6-7-16-9-11)14-12-4-3-5-13(8-12)15-2/h3-10,14H,1-2H3. The average Bonchev–Trinajstić information content (AvgIpc) is 2.83. The molecule has 1 aromatic carbocycles. The molecule has 0 aliphatic carbocycles. The predicted octanol–water partition coefficient (Wildman–Crippen LogP) is 3.46. The first-order valence-corrected chi connectivity index (χ1v) is 5.22. The number of nitrogens with one attached hydrogen (secondary N) is 1. The van der Waals surface area contributed by atoms with Crippen molar-refractivity contribution >= 4 is 5.69 Å². The molecule has 0 spiro atoms. The van der Waals surface area contributed by atoms with E-state index in [1.165, 1.54) is 0 Å². The van der Waals surface area contributed by atoms with Gasteiger partial charge < -0.3 is 14.5 Å². The average molecular weight is 217 g/mol. The Labute approximate surface area is 95.0 Å². The van der Waals surface area contributed by atoms with E-state index in [0.29, 0.717) is 0 Å². The number of hydrogen-bond acceptors (Lipinski definition) is 3. The van der Waals surface area contributed by atoms with Crippen molar-refractivity contribution in [1.29, 1.82) is 0 Å². The van der Waals surface area contributed by atoms with Gasteiger partial charge in [0.1, 0.15) is 5.75 Å². The third-order valence-corrected chi connectivity index (χ3v) is 2.50. The number of hydrogen-bond donors (Lipinski definition) is 1. The Bertz CT molecular complexity index is 437. The summed E-state index contributed by atoms with van der Waals surface area (Å²) in [5, 5.41) is 3.38. The van der Waals surface area contributed by atoms with E-state index in [2.05, 4.69) is 12.2 Å². The van der Waals surface area contributed by atoms with Crippen LogP contribution in [0.15, 0.2) is 47.3 Å². The molecule has 0 bridgehead atoms. The lowest BCUT2D eigenvalue weighted by Crippen LogP contribution is -2.05. The first-order chi connectivity index (χ1) is 7.79. The topological polar surface area (TPSA) is 34.4 Å². The molecule has 16 heavy (non-hydrogen) atoms. The summed E-state index contributed by atoms with van der Waals surface area (Å²) in [6.07, 6.45) is 3.43. The molecule has 0 aliphatic heterocycles. The van der Waals surface area contributed by atoms with Gasteiger partial charge in [0.05, 0.1) is 25.7 Å². The maximum Gasteiger partial charge on any atom is 0.120 e. The van der Waals surface area contributed by atoms with Crippen LogP contribution >= 0.6 is 0 Å². The van der Waals surface area contributed by atoms with Gasteiger partial charge in [0.25, 0.3) is 0 Å². The Hall–Kier alpha value is -1.90. The van der Waals surface area contributed by atoms with Crippen molar-refractivity contribution in [2.45, 2.75) is 13.0 Å². The van der Waals surface area contributed by atoms with E-state index in [1.807, 2.05) is 30.3 Å². The summed E-state index contributed by atoms with van der Waals surface area (Å²) in [5.41, 5.74) is 2.16. The summed E-state index contributed by atoms with van der Waals surface area (Å²) < 4.78 is 10.2. The van der Waals surface area contributed by atoms with Gasteiger partial charge in [0.15, 0.2) is 0 Å². The molecule has 1 aromatic heterocycles. The van der Waals surface area contributed by atoms with Crippen molar-refractivity contribution in [2.24, 2.45) is 0 Å². The normalized spacial score (nSPS) is 12.1. The highest BCUT2D eigenvalue weighted by Crippen LogP contribution is 2.22. The van der Waals surface area contributed by atoms with Crippen LogP contribution in [-0.2, 0) is 0 Å². The van der Waals surface area contributed by atoms with Crippen LogP contribution in [0.2, 0.25) is 0 Å². The molecule has 3 heteroatoms. The number of methoxy groups -OCH3 is 1. The number of benzene rings is 1. The highest BCUT2D eigenvalue weighted by Gasteiger charge is 2.06. The molecule has 0 fully saturated rings. The molecule has 2 rings (SSSR count). The van der Waals surface area contributed by atoms with Crippen molar-refractivity contribution in [2.75, 3.05) is 12.4 Å². The van der Waals surface area contributed by atoms with E-state index < -0.39 is 0 Å². The van der Waals surface area contributed by atoms with Gasteiger partial charge >= 0.3 is 0 Å². The lowest BCUT2D eigenvalue weighted by Gasteiger charge is -2.14. The molecule has 0 aliphatic rings.